The van der Waals surface area contributed by atoms with Gasteiger partial charge >= 0.3 is 0 Å². The van der Waals surface area contributed by atoms with Crippen LogP contribution in [0.25, 0.3) is 16.6 Å². The molecule has 3 aromatic heterocycles. The third kappa shape index (κ3) is 3.52. The Hall–Kier alpha value is -4.51. The summed E-state index contributed by atoms with van der Waals surface area (Å²) in [5.74, 6) is 1.35. The molecule has 1 saturated heterocycles. The van der Waals surface area contributed by atoms with Gasteiger partial charge in [0.15, 0.2) is 23.0 Å². The molecule has 0 spiro atoms. The van der Waals surface area contributed by atoms with Gasteiger partial charge in [-0.15, -0.1) is 0 Å². The Morgan fingerprint density at radius 1 is 1.08 bits per heavy atom. The van der Waals surface area contributed by atoms with Crippen LogP contribution in [0.15, 0.2) is 61.3 Å². The van der Waals surface area contributed by atoms with Crippen LogP contribution < -0.4 is 25.0 Å². The first-order valence-electron chi connectivity index (χ1n) is 11.6. The maximum absolute atomic E-state index is 15.0. The molecule has 5 heterocycles. The number of nitrogens with one attached hydrogen (secondary N) is 2. The average molecular weight is 484 g/mol. The molecule has 7 rings (SSSR count). The van der Waals surface area contributed by atoms with E-state index in [4.69, 9.17) is 9.47 Å². The topological polar surface area (TPSA) is 102 Å². The number of anilines is 3. The summed E-state index contributed by atoms with van der Waals surface area (Å²) in [6, 6.07) is 12.4. The van der Waals surface area contributed by atoms with Gasteiger partial charge in [-0.1, -0.05) is 0 Å². The van der Waals surface area contributed by atoms with Gasteiger partial charge in [0, 0.05) is 43.7 Å². The number of halogens is 1. The summed E-state index contributed by atoms with van der Waals surface area (Å²) in [6.07, 6.45) is 4.64. The largest absolute Gasteiger partial charge is 0.488 e. The van der Waals surface area contributed by atoms with Crippen LogP contribution in [0.3, 0.4) is 0 Å². The lowest BCUT2D eigenvalue weighted by molar-refractivity contribution is 0.250. The number of rotatable bonds is 4. The van der Waals surface area contributed by atoms with Crippen molar-refractivity contribution in [3.8, 4) is 17.2 Å². The van der Waals surface area contributed by atoms with Gasteiger partial charge in [0.2, 0.25) is 0 Å². The lowest BCUT2D eigenvalue weighted by Crippen LogP contribution is -2.55. The molecule has 0 aliphatic carbocycles. The second kappa shape index (κ2) is 8.31. The Morgan fingerprint density at radius 3 is 3.00 bits per heavy atom. The first-order valence-corrected chi connectivity index (χ1v) is 11.6. The Labute approximate surface area is 204 Å². The van der Waals surface area contributed by atoms with Crippen molar-refractivity contribution in [2.75, 3.05) is 36.5 Å². The molecule has 2 aliphatic rings. The Morgan fingerprint density at radius 2 is 2.06 bits per heavy atom. The summed E-state index contributed by atoms with van der Waals surface area (Å²) in [6.45, 7) is 3.29. The molecule has 2 aliphatic heterocycles. The number of aromatic nitrogens is 5. The molecule has 0 unspecified atom stereocenters. The highest BCUT2D eigenvalue weighted by atomic mass is 19.1. The van der Waals surface area contributed by atoms with Gasteiger partial charge in [-0.3, -0.25) is 0 Å². The minimum Gasteiger partial charge on any atom is -0.488 e. The zero-order valence-corrected chi connectivity index (χ0v) is 19.1. The van der Waals surface area contributed by atoms with E-state index in [-0.39, 0.29) is 11.8 Å². The quantitative estimate of drug-likeness (QED) is 0.397. The van der Waals surface area contributed by atoms with Gasteiger partial charge in [-0.2, -0.15) is 5.10 Å². The molecule has 0 amide bonds. The normalized spacial score (nSPS) is 16.9. The fraction of sp³-hybridized carbons (Fsp3) is 0.200. The second-order valence-corrected chi connectivity index (χ2v) is 8.69. The molecule has 180 valence electrons. The van der Waals surface area contributed by atoms with Crippen molar-refractivity contribution in [2.45, 2.75) is 6.04 Å². The van der Waals surface area contributed by atoms with Crippen LogP contribution in [-0.4, -0.2) is 56.8 Å². The van der Waals surface area contributed by atoms with Crippen LogP contribution in [0, 0.1) is 5.82 Å². The maximum atomic E-state index is 15.0. The van der Waals surface area contributed by atoms with Crippen molar-refractivity contribution in [3.63, 3.8) is 0 Å². The number of fused-ring (bicyclic) bond motifs is 6. The third-order valence-corrected chi connectivity index (χ3v) is 6.49. The standard InChI is InChI=1S/C25H21FN8O2/c26-18-9-15(1-4-21(18)36-17-5-7-34-22(10-17)29-14-31-34)32-25-23-19(28-13-30-25)2-3-20-24(23)35-12-16-11-27-6-8-33(16)20/h1-5,7,9-10,13-14,16,27H,6,8,11-12H2,(H,28,30,32)/t16-/m0/s1. The highest BCUT2D eigenvalue weighted by Gasteiger charge is 2.31. The number of benzene rings is 2. The number of ether oxygens (including phenoxy) is 2. The Bertz CT molecular complexity index is 1610. The van der Waals surface area contributed by atoms with Gasteiger partial charge in [0.1, 0.15) is 30.8 Å². The number of pyridine rings is 1. The molecular weight excluding hydrogens is 463 g/mol. The second-order valence-electron chi connectivity index (χ2n) is 8.69. The van der Waals surface area contributed by atoms with Crippen molar-refractivity contribution in [1.82, 2.24) is 29.9 Å². The van der Waals surface area contributed by atoms with Crippen molar-refractivity contribution >= 4 is 33.7 Å². The summed E-state index contributed by atoms with van der Waals surface area (Å²) in [4.78, 5) is 15.4. The predicted molar refractivity (Wildman–Crippen MR) is 132 cm³/mol. The monoisotopic (exact) mass is 484 g/mol. The molecule has 11 heteroatoms. The van der Waals surface area contributed by atoms with E-state index in [1.165, 1.54) is 18.7 Å². The fourth-order valence-corrected chi connectivity index (χ4v) is 4.77. The van der Waals surface area contributed by atoms with Crippen molar-refractivity contribution in [2.24, 2.45) is 0 Å². The smallest absolute Gasteiger partial charge is 0.167 e. The summed E-state index contributed by atoms with van der Waals surface area (Å²) in [5.41, 5.74) is 2.92. The molecular formula is C25H21FN8O2. The molecule has 5 aromatic rings. The average Bonchev–Trinajstić information content (AvgIpc) is 3.38. The Kier molecular flexibility index (Phi) is 4.81. The molecule has 2 aromatic carbocycles. The van der Waals surface area contributed by atoms with Gasteiger partial charge in [-0.05, 0) is 30.3 Å². The van der Waals surface area contributed by atoms with E-state index in [0.717, 1.165) is 42.0 Å². The lowest BCUT2D eigenvalue weighted by Gasteiger charge is -2.42. The minimum absolute atomic E-state index is 0.0995. The molecule has 1 fully saturated rings. The van der Waals surface area contributed by atoms with Crippen LogP contribution >= 0.6 is 0 Å². The first kappa shape index (κ1) is 20.8. The number of hydrogen-bond donors (Lipinski definition) is 2. The maximum Gasteiger partial charge on any atom is 0.167 e. The van der Waals surface area contributed by atoms with Crippen LogP contribution in [0.1, 0.15) is 0 Å². The number of nitrogens with zero attached hydrogens (tertiary/aromatic N) is 6. The van der Waals surface area contributed by atoms with Crippen LogP contribution in [0.4, 0.5) is 21.6 Å². The summed E-state index contributed by atoms with van der Waals surface area (Å²) < 4.78 is 28.6. The van der Waals surface area contributed by atoms with Gasteiger partial charge in [0.25, 0.3) is 0 Å². The summed E-state index contributed by atoms with van der Waals surface area (Å²) in [7, 11) is 0. The molecule has 0 radical (unpaired) electrons. The van der Waals surface area contributed by atoms with E-state index in [9.17, 15) is 4.39 Å². The summed E-state index contributed by atoms with van der Waals surface area (Å²) >= 11 is 0. The first-order chi connectivity index (χ1) is 17.7. The van der Waals surface area contributed by atoms with Gasteiger partial charge in [0.05, 0.1) is 22.6 Å². The van der Waals surface area contributed by atoms with E-state index in [1.54, 1.807) is 35.0 Å². The minimum atomic E-state index is -0.512. The summed E-state index contributed by atoms with van der Waals surface area (Å²) in [5, 5.41) is 11.5. The zero-order valence-electron chi connectivity index (χ0n) is 19.1. The van der Waals surface area contributed by atoms with E-state index in [0.29, 0.717) is 29.5 Å². The molecule has 10 nitrogen and oxygen atoms in total. The van der Waals surface area contributed by atoms with E-state index in [2.05, 4.69) is 41.7 Å². The predicted octanol–water partition coefficient (Wildman–Crippen LogP) is 3.52. The van der Waals surface area contributed by atoms with Crippen LogP contribution in [0.2, 0.25) is 0 Å². The van der Waals surface area contributed by atoms with Crippen molar-refractivity contribution in [1.29, 1.82) is 0 Å². The molecule has 36 heavy (non-hydrogen) atoms. The molecule has 2 N–H and O–H groups in total. The van der Waals surface area contributed by atoms with E-state index >= 15 is 0 Å². The van der Waals surface area contributed by atoms with Crippen molar-refractivity contribution < 1.29 is 13.9 Å². The highest BCUT2D eigenvalue weighted by molar-refractivity contribution is 6.00. The Balaban J connectivity index is 1.20. The molecule has 0 bridgehead atoms. The number of hydrogen-bond acceptors (Lipinski definition) is 9. The van der Waals surface area contributed by atoms with E-state index < -0.39 is 5.82 Å². The highest BCUT2D eigenvalue weighted by Crippen LogP contribution is 2.43. The third-order valence-electron chi connectivity index (χ3n) is 6.49. The van der Waals surface area contributed by atoms with Gasteiger partial charge in [-0.25, -0.2) is 23.9 Å². The SMILES string of the molecule is Fc1cc(Nc2ncnc3ccc4c(c23)OC[C@@H]2CNCCN42)ccc1Oc1ccn2ncnc2c1. The molecule has 1 atom stereocenters. The lowest BCUT2D eigenvalue weighted by atomic mass is 10.1. The van der Waals surface area contributed by atoms with Crippen LogP contribution in [0.5, 0.6) is 17.2 Å². The van der Waals surface area contributed by atoms with Crippen molar-refractivity contribution in [3.05, 3.63) is 67.1 Å². The molecule has 0 saturated carbocycles. The number of piperazine rings is 1. The van der Waals surface area contributed by atoms with E-state index in [1.807, 2.05) is 6.07 Å². The van der Waals surface area contributed by atoms with Crippen LogP contribution in [-0.2, 0) is 0 Å². The van der Waals surface area contributed by atoms with Gasteiger partial charge < -0.3 is 25.0 Å². The zero-order chi connectivity index (χ0) is 24.1. The fourth-order valence-electron chi connectivity index (χ4n) is 4.77.